The van der Waals surface area contributed by atoms with Gasteiger partial charge in [-0.3, -0.25) is 14.9 Å². The number of nitrogens with one attached hydrogen (secondary N) is 1. The van der Waals surface area contributed by atoms with Crippen LogP contribution in [0.1, 0.15) is 46.9 Å². The molecule has 4 aromatic rings. The van der Waals surface area contributed by atoms with E-state index < -0.39 is 22.9 Å². The maximum atomic E-state index is 13.6. The first-order valence-electron chi connectivity index (χ1n) is 12.3. The third-order valence-corrected chi connectivity index (χ3v) is 6.65. The molecule has 2 aromatic carbocycles. The van der Waals surface area contributed by atoms with Crippen LogP contribution in [0.2, 0.25) is 5.02 Å². The molecule has 2 heterocycles. The van der Waals surface area contributed by atoms with Crippen molar-refractivity contribution >= 4 is 57.5 Å². The van der Waals surface area contributed by atoms with E-state index in [1.165, 1.54) is 25.3 Å². The van der Waals surface area contributed by atoms with Crippen molar-refractivity contribution in [2.45, 2.75) is 32.3 Å². The average molecular weight is 543 g/mol. The molecule has 1 N–H and O–H groups in total. The highest BCUT2D eigenvalue weighted by Crippen LogP contribution is 2.37. The van der Waals surface area contributed by atoms with Crippen LogP contribution in [-0.4, -0.2) is 32.9 Å². The van der Waals surface area contributed by atoms with Gasteiger partial charge >= 0.3 is 5.97 Å². The summed E-state index contributed by atoms with van der Waals surface area (Å²) in [7, 11) is 0. The minimum absolute atomic E-state index is 0.00261. The van der Waals surface area contributed by atoms with Crippen LogP contribution in [0.5, 0.6) is 0 Å². The van der Waals surface area contributed by atoms with Crippen LogP contribution in [0, 0.1) is 10.1 Å². The van der Waals surface area contributed by atoms with Gasteiger partial charge in [-0.1, -0.05) is 41.9 Å². The lowest BCUT2D eigenvalue weighted by Crippen LogP contribution is -2.31. The summed E-state index contributed by atoms with van der Waals surface area (Å²) >= 11 is 5.85. The lowest BCUT2D eigenvalue weighted by atomic mass is 9.86. The van der Waals surface area contributed by atoms with E-state index in [1.54, 1.807) is 30.3 Å². The fourth-order valence-electron chi connectivity index (χ4n) is 4.59. The van der Waals surface area contributed by atoms with E-state index in [0.29, 0.717) is 45.6 Å². The van der Waals surface area contributed by atoms with Crippen molar-refractivity contribution in [1.29, 1.82) is 0 Å². The molecule has 9 nitrogen and oxygen atoms in total. The summed E-state index contributed by atoms with van der Waals surface area (Å²) in [6.07, 6.45) is 4.23. The normalized spacial score (nSPS) is 14.5. The smallest absolute Gasteiger partial charge is 0.339 e. The number of aromatic nitrogens is 2. The number of nitrogens with zero attached hydrogens (tertiary/aromatic N) is 3. The fraction of sp³-hybridized carbons (Fsp3) is 0.172. The van der Waals surface area contributed by atoms with Crippen molar-refractivity contribution in [3.05, 3.63) is 104 Å². The second-order valence-corrected chi connectivity index (χ2v) is 9.54. The van der Waals surface area contributed by atoms with Gasteiger partial charge in [-0.2, -0.15) is 0 Å². The van der Waals surface area contributed by atoms with Gasteiger partial charge in [0.1, 0.15) is 5.82 Å². The molecule has 0 radical (unpaired) electrons. The van der Waals surface area contributed by atoms with Crippen LogP contribution in [0.3, 0.4) is 0 Å². The number of nitro groups is 1. The summed E-state index contributed by atoms with van der Waals surface area (Å²) in [6.45, 7) is 1.49. The molecular formula is C29H23ClN4O5. The average Bonchev–Trinajstić information content (AvgIpc) is 2.93. The van der Waals surface area contributed by atoms with Gasteiger partial charge in [0.2, 0.25) is 0 Å². The standard InChI is InChI=1S/C29H23ClN4O5/c1-17(28(35)33-25-13-12-20(30)16-31-25)39-29(36)26-22-9-2-3-11-24(22)32-27-19(7-5-10-23(26)27)14-18-6-4-8-21(15-18)34(37)38/h2-4,6,8-9,11-17H,5,7,10H2,1H3,(H,31,33,35)/b19-14+/t17-/m1/s1. The fourth-order valence-corrected chi connectivity index (χ4v) is 4.70. The maximum absolute atomic E-state index is 13.6. The second-order valence-electron chi connectivity index (χ2n) is 9.10. The maximum Gasteiger partial charge on any atom is 0.339 e. The quantitative estimate of drug-likeness (QED) is 0.173. The molecule has 0 saturated carbocycles. The van der Waals surface area contributed by atoms with Crippen molar-refractivity contribution in [2.24, 2.45) is 0 Å². The van der Waals surface area contributed by atoms with E-state index in [1.807, 2.05) is 24.3 Å². The van der Waals surface area contributed by atoms with Crippen molar-refractivity contribution < 1.29 is 19.2 Å². The number of esters is 1. The van der Waals surface area contributed by atoms with E-state index in [0.717, 1.165) is 17.6 Å². The number of anilines is 1. The van der Waals surface area contributed by atoms with Gasteiger partial charge in [0.15, 0.2) is 6.10 Å². The van der Waals surface area contributed by atoms with Crippen LogP contribution in [0.15, 0.2) is 66.9 Å². The Labute approximate surface area is 228 Å². The highest BCUT2D eigenvalue weighted by Gasteiger charge is 2.28. The molecule has 2 aromatic heterocycles. The Bertz CT molecular complexity index is 1640. The largest absolute Gasteiger partial charge is 0.449 e. The minimum Gasteiger partial charge on any atom is -0.449 e. The zero-order valence-electron chi connectivity index (χ0n) is 20.9. The Balaban J connectivity index is 1.49. The Morgan fingerprint density at radius 3 is 2.72 bits per heavy atom. The van der Waals surface area contributed by atoms with Crippen LogP contribution in [0.4, 0.5) is 11.5 Å². The van der Waals surface area contributed by atoms with Gasteiger partial charge in [-0.15, -0.1) is 0 Å². The number of non-ortho nitro benzene ring substituents is 1. The second kappa shape index (κ2) is 11.0. The molecule has 1 aliphatic rings. The third kappa shape index (κ3) is 5.63. The van der Waals surface area contributed by atoms with Crippen LogP contribution in [0.25, 0.3) is 22.6 Å². The lowest BCUT2D eigenvalue weighted by molar-refractivity contribution is -0.384. The number of rotatable bonds is 6. The van der Waals surface area contributed by atoms with Crippen molar-refractivity contribution in [3.63, 3.8) is 0 Å². The number of carbonyl (C=O) groups is 2. The number of halogens is 1. The zero-order valence-corrected chi connectivity index (χ0v) is 21.6. The Kier molecular flexibility index (Phi) is 7.33. The number of fused-ring (bicyclic) bond motifs is 2. The van der Waals surface area contributed by atoms with Gasteiger partial charge in [-0.25, -0.2) is 14.8 Å². The third-order valence-electron chi connectivity index (χ3n) is 6.43. The van der Waals surface area contributed by atoms with E-state index in [2.05, 4.69) is 10.3 Å². The molecule has 39 heavy (non-hydrogen) atoms. The highest BCUT2D eigenvalue weighted by molar-refractivity contribution is 6.30. The molecule has 1 amide bonds. The molecule has 10 heteroatoms. The number of nitro benzene ring substituents is 1. The SMILES string of the molecule is C[C@@H](OC(=O)c1c2c(nc3ccccc13)/C(=C/c1cccc([N+](=O)[O-])c1)CCC2)C(=O)Nc1ccc(Cl)cn1. The molecule has 0 aliphatic heterocycles. The molecule has 0 unspecified atom stereocenters. The number of hydrogen-bond donors (Lipinski definition) is 1. The van der Waals surface area contributed by atoms with Gasteiger partial charge in [0.05, 0.1) is 26.7 Å². The molecule has 0 saturated heterocycles. The van der Waals surface area contributed by atoms with Crippen LogP contribution >= 0.6 is 11.6 Å². The number of benzene rings is 2. The molecular weight excluding hydrogens is 520 g/mol. The number of allylic oxidation sites excluding steroid dienone is 1. The topological polar surface area (TPSA) is 124 Å². The predicted molar refractivity (Wildman–Crippen MR) is 148 cm³/mol. The predicted octanol–water partition coefficient (Wildman–Crippen LogP) is 6.25. The number of pyridine rings is 2. The molecule has 0 fully saturated rings. The monoisotopic (exact) mass is 542 g/mol. The number of hydrogen-bond acceptors (Lipinski definition) is 7. The first kappa shape index (κ1) is 26.0. The van der Waals surface area contributed by atoms with Crippen LogP contribution < -0.4 is 5.32 Å². The Morgan fingerprint density at radius 1 is 1.13 bits per heavy atom. The number of para-hydroxylation sites is 1. The molecule has 1 atom stereocenters. The summed E-state index contributed by atoms with van der Waals surface area (Å²) in [5.41, 5.74) is 3.90. The zero-order chi connectivity index (χ0) is 27.5. The molecule has 0 bridgehead atoms. The Hall–Kier alpha value is -4.63. The summed E-state index contributed by atoms with van der Waals surface area (Å²) in [5, 5.41) is 14.9. The molecule has 1 aliphatic carbocycles. The summed E-state index contributed by atoms with van der Waals surface area (Å²) < 4.78 is 5.64. The summed E-state index contributed by atoms with van der Waals surface area (Å²) in [4.78, 5) is 46.0. The van der Waals surface area contributed by atoms with Crippen LogP contribution in [-0.2, 0) is 16.0 Å². The molecule has 196 valence electrons. The summed E-state index contributed by atoms with van der Waals surface area (Å²) in [5.74, 6) is -0.875. The lowest BCUT2D eigenvalue weighted by Gasteiger charge is -2.23. The van der Waals surface area contributed by atoms with Gasteiger partial charge in [0.25, 0.3) is 11.6 Å². The Morgan fingerprint density at radius 2 is 1.95 bits per heavy atom. The van der Waals surface area contributed by atoms with Gasteiger partial charge in [0, 0.05) is 23.7 Å². The molecule has 5 rings (SSSR count). The van der Waals surface area contributed by atoms with Crippen molar-refractivity contribution in [1.82, 2.24) is 9.97 Å². The van der Waals surface area contributed by atoms with Gasteiger partial charge in [-0.05, 0) is 67.2 Å². The van der Waals surface area contributed by atoms with Crippen molar-refractivity contribution in [3.8, 4) is 0 Å². The minimum atomic E-state index is -1.10. The number of carbonyl (C=O) groups excluding carboxylic acids is 2. The first-order chi connectivity index (χ1) is 18.8. The summed E-state index contributed by atoms with van der Waals surface area (Å²) in [6, 6.07) is 16.8. The number of ether oxygens (including phenoxy) is 1. The van der Waals surface area contributed by atoms with E-state index in [4.69, 9.17) is 21.3 Å². The first-order valence-corrected chi connectivity index (χ1v) is 12.7. The van der Waals surface area contributed by atoms with E-state index in [9.17, 15) is 19.7 Å². The van der Waals surface area contributed by atoms with Gasteiger partial charge < -0.3 is 10.1 Å². The number of amides is 1. The van der Waals surface area contributed by atoms with E-state index in [-0.39, 0.29) is 11.5 Å². The highest BCUT2D eigenvalue weighted by atomic mass is 35.5. The van der Waals surface area contributed by atoms with E-state index >= 15 is 0 Å². The molecule has 0 spiro atoms. The van der Waals surface area contributed by atoms with Crippen molar-refractivity contribution in [2.75, 3.05) is 5.32 Å².